The smallest absolute Gasteiger partial charge is 0.338 e. The summed E-state index contributed by atoms with van der Waals surface area (Å²) in [7, 11) is 0. The number of nitrogens with zero attached hydrogens (tertiary/aromatic N) is 3. The Hall–Kier alpha value is -2.37. The van der Waals surface area contributed by atoms with Gasteiger partial charge in [0.1, 0.15) is 6.33 Å². The molecule has 2 rings (SSSR count). The number of anilines is 1. The van der Waals surface area contributed by atoms with Crippen LogP contribution in [0.15, 0.2) is 24.5 Å². The van der Waals surface area contributed by atoms with E-state index in [1.807, 2.05) is 20.8 Å². The third kappa shape index (κ3) is 2.96. The Labute approximate surface area is 117 Å². The predicted octanol–water partition coefficient (Wildman–Crippen LogP) is 2.11. The number of ether oxygens (including phenoxy) is 1. The molecule has 2 aromatic rings. The molecule has 1 heterocycles. The molecule has 0 aliphatic heterocycles. The number of benzene rings is 1. The highest BCUT2D eigenvalue weighted by Crippen LogP contribution is 2.15. The molecule has 0 fully saturated rings. The van der Waals surface area contributed by atoms with Crippen LogP contribution in [0.1, 0.15) is 41.6 Å². The lowest BCUT2D eigenvalue weighted by Gasteiger charge is -2.10. The normalized spacial score (nSPS) is 10.8. The summed E-state index contributed by atoms with van der Waals surface area (Å²) in [6, 6.07) is 5.33. The van der Waals surface area contributed by atoms with Gasteiger partial charge in [-0.3, -0.25) is 0 Å². The number of hydrogen-bond acceptors (Lipinski definition) is 5. The van der Waals surface area contributed by atoms with Crippen molar-refractivity contribution >= 4 is 11.7 Å². The van der Waals surface area contributed by atoms with Crippen molar-refractivity contribution in [2.75, 3.05) is 5.73 Å². The Morgan fingerprint density at radius 1 is 1.45 bits per heavy atom. The summed E-state index contributed by atoms with van der Waals surface area (Å²) < 4.78 is 7.00. The van der Waals surface area contributed by atoms with E-state index < -0.39 is 5.97 Å². The summed E-state index contributed by atoms with van der Waals surface area (Å²) >= 11 is 0. The molecule has 0 aliphatic rings. The van der Waals surface area contributed by atoms with Gasteiger partial charge in [0.15, 0.2) is 12.4 Å². The molecule has 0 atom stereocenters. The number of nitrogens with two attached hydrogens (primary N) is 1. The van der Waals surface area contributed by atoms with Gasteiger partial charge in [-0.1, -0.05) is 6.07 Å². The van der Waals surface area contributed by atoms with Crippen LogP contribution >= 0.6 is 0 Å². The van der Waals surface area contributed by atoms with Crippen LogP contribution in [0.25, 0.3) is 0 Å². The molecule has 0 bridgehead atoms. The van der Waals surface area contributed by atoms with Crippen molar-refractivity contribution in [1.29, 1.82) is 0 Å². The third-order valence-corrected chi connectivity index (χ3v) is 2.95. The summed E-state index contributed by atoms with van der Waals surface area (Å²) in [6.07, 6.45) is 1.45. The van der Waals surface area contributed by atoms with Gasteiger partial charge in [-0.25, -0.2) is 14.5 Å². The number of hydrogen-bond donors (Lipinski definition) is 1. The van der Waals surface area contributed by atoms with Crippen LogP contribution in [0.2, 0.25) is 0 Å². The Morgan fingerprint density at radius 3 is 2.90 bits per heavy atom. The molecule has 106 valence electrons. The molecular formula is C14H18N4O2. The quantitative estimate of drug-likeness (QED) is 0.682. The zero-order valence-corrected chi connectivity index (χ0v) is 11.8. The molecule has 0 saturated heterocycles. The zero-order chi connectivity index (χ0) is 14.7. The lowest BCUT2D eigenvalue weighted by Crippen LogP contribution is -2.13. The molecule has 0 saturated carbocycles. The summed E-state index contributed by atoms with van der Waals surface area (Å²) in [5.74, 6) is 0.211. The second-order valence-electron chi connectivity index (χ2n) is 4.87. The van der Waals surface area contributed by atoms with Crippen LogP contribution < -0.4 is 5.73 Å². The van der Waals surface area contributed by atoms with E-state index in [-0.39, 0.29) is 12.6 Å². The van der Waals surface area contributed by atoms with Crippen LogP contribution in [-0.4, -0.2) is 20.7 Å². The van der Waals surface area contributed by atoms with Gasteiger partial charge >= 0.3 is 5.97 Å². The fourth-order valence-corrected chi connectivity index (χ4v) is 1.88. The number of esters is 1. The van der Waals surface area contributed by atoms with Crippen molar-refractivity contribution in [2.24, 2.45) is 0 Å². The summed E-state index contributed by atoms with van der Waals surface area (Å²) in [6.45, 7) is 5.90. The molecule has 0 unspecified atom stereocenters. The van der Waals surface area contributed by atoms with Crippen molar-refractivity contribution in [2.45, 2.75) is 33.4 Å². The van der Waals surface area contributed by atoms with Crippen molar-refractivity contribution in [3.8, 4) is 0 Å². The average molecular weight is 274 g/mol. The largest absolute Gasteiger partial charge is 0.454 e. The van der Waals surface area contributed by atoms with E-state index >= 15 is 0 Å². The highest BCUT2D eigenvalue weighted by molar-refractivity contribution is 5.92. The summed E-state index contributed by atoms with van der Waals surface area (Å²) in [5.41, 5.74) is 7.52. The van der Waals surface area contributed by atoms with Gasteiger partial charge in [-0.2, -0.15) is 5.10 Å². The van der Waals surface area contributed by atoms with Crippen LogP contribution in [0.4, 0.5) is 5.69 Å². The SMILES string of the molecule is Cc1ccc(N)cc1C(=O)OCc1ncnn1C(C)C. The maximum Gasteiger partial charge on any atom is 0.338 e. The Balaban J connectivity index is 2.09. The molecule has 0 radical (unpaired) electrons. The first-order chi connectivity index (χ1) is 9.49. The maximum atomic E-state index is 12.1. The molecule has 6 nitrogen and oxygen atoms in total. The topological polar surface area (TPSA) is 83.0 Å². The highest BCUT2D eigenvalue weighted by atomic mass is 16.5. The molecular weight excluding hydrogens is 256 g/mol. The van der Waals surface area contributed by atoms with E-state index in [1.165, 1.54) is 6.33 Å². The number of nitrogen functional groups attached to an aromatic ring is 1. The zero-order valence-electron chi connectivity index (χ0n) is 11.8. The van der Waals surface area contributed by atoms with Crippen LogP contribution in [0.5, 0.6) is 0 Å². The second kappa shape index (κ2) is 5.73. The molecule has 0 spiro atoms. The number of rotatable bonds is 4. The lowest BCUT2D eigenvalue weighted by atomic mass is 10.1. The number of carbonyl (C=O) groups excluding carboxylic acids is 1. The summed E-state index contributed by atoms with van der Waals surface area (Å²) in [4.78, 5) is 16.2. The summed E-state index contributed by atoms with van der Waals surface area (Å²) in [5, 5.41) is 4.09. The van der Waals surface area contributed by atoms with E-state index in [0.717, 1.165) is 5.56 Å². The lowest BCUT2D eigenvalue weighted by molar-refractivity contribution is 0.0454. The van der Waals surface area contributed by atoms with Gasteiger partial charge in [0, 0.05) is 11.7 Å². The van der Waals surface area contributed by atoms with Gasteiger partial charge in [0.25, 0.3) is 0 Å². The molecule has 2 N–H and O–H groups in total. The Bertz CT molecular complexity index is 619. The molecule has 0 aliphatic carbocycles. The first-order valence-electron chi connectivity index (χ1n) is 6.40. The molecule has 0 amide bonds. The fraction of sp³-hybridized carbons (Fsp3) is 0.357. The maximum absolute atomic E-state index is 12.1. The fourth-order valence-electron chi connectivity index (χ4n) is 1.88. The van der Waals surface area contributed by atoms with Crippen LogP contribution in [0.3, 0.4) is 0 Å². The third-order valence-electron chi connectivity index (χ3n) is 2.95. The molecule has 1 aromatic heterocycles. The molecule has 6 heteroatoms. The number of carbonyl (C=O) groups is 1. The first-order valence-corrected chi connectivity index (χ1v) is 6.40. The average Bonchev–Trinajstić information content (AvgIpc) is 2.87. The van der Waals surface area contributed by atoms with Gasteiger partial charge in [-0.05, 0) is 38.5 Å². The van der Waals surface area contributed by atoms with E-state index in [1.54, 1.807) is 22.9 Å². The Kier molecular flexibility index (Phi) is 4.02. The van der Waals surface area contributed by atoms with Gasteiger partial charge in [0.2, 0.25) is 0 Å². The highest BCUT2D eigenvalue weighted by Gasteiger charge is 2.14. The van der Waals surface area contributed by atoms with Crippen molar-refractivity contribution in [1.82, 2.24) is 14.8 Å². The Morgan fingerprint density at radius 2 is 2.20 bits per heavy atom. The van der Waals surface area contributed by atoms with Gasteiger partial charge in [-0.15, -0.1) is 0 Å². The van der Waals surface area contributed by atoms with Crippen molar-refractivity contribution in [3.63, 3.8) is 0 Å². The molecule has 20 heavy (non-hydrogen) atoms. The minimum atomic E-state index is -0.409. The van der Waals surface area contributed by atoms with Gasteiger partial charge in [0.05, 0.1) is 5.56 Å². The number of aromatic nitrogens is 3. The van der Waals surface area contributed by atoms with E-state index in [0.29, 0.717) is 17.1 Å². The molecule has 1 aromatic carbocycles. The first kappa shape index (κ1) is 14.0. The minimum Gasteiger partial charge on any atom is -0.454 e. The second-order valence-corrected chi connectivity index (χ2v) is 4.87. The van der Waals surface area contributed by atoms with Gasteiger partial charge < -0.3 is 10.5 Å². The van der Waals surface area contributed by atoms with E-state index in [4.69, 9.17) is 10.5 Å². The predicted molar refractivity (Wildman–Crippen MR) is 75.1 cm³/mol. The minimum absolute atomic E-state index is 0.0885. The van der Waals surface area contributed by atoms with E-state index in [9.17, 15) is 4.79 Å². The van der Waals surface area contributed by atoms with Crippen LogP contribution in [-0.2, 0) is 11.3 Å². The van der Waals surface area contributed by atoms with Crippen LogP contribution in [0, 0.1) is 6.92 Å². The standard InChI is InChI=1S/C14H18N4O2/c1-9(2)18-13(16-8-17-18)7-20-14(19)12-6-11(15)5-4-10(12)3/h4-6,8-9H,7,15H2,1-3H3. The van der Waals surface area contributed by atoms with Crippen molar-refractivity contribution < 1.29 is 9.53 Å². The van der Waals surface area contributed by atoms with Crippen molar-refractivity contribution in [3.05, 3.63) is 41.5 Å². The monoisotopic (exact) mass is 274 g/mol. The van der Waals surface area contributed by atoms with E-state index in [2.05, 4.69) is 10.1 Å². The number of aryl methyl sites for hydroxylation is 1.